The first-order chi connectivity index (χ1) is 20.1. The average molecular weight is 606 g/mol. The first kappa shape index (κ1) is 32.6. The van der Waals surface area contributed by atoms with E-state index >= 15 is 0 Å². The molecule has 3 aliphatic rings. The van der Waals surface area contributed by atoms with Crippen LogP contribution in [0.5, 0.6) is 5.75 Å². The summed E-state index contributed by atoms with van der Waals surface area (Å²) in [5.41, 5.74) is -0.941. The zero-order valence-electron chi connectivity index (χ0n) is 26.0. The van der Waals surface area contributed by atoms with Crippen molar-refractivity contribution in [3.8, 4) is 5.75 Å². The fourth-order valence-corrected chi connectivity index (χ4v) is 6.82. The van der Waals surface area contributed by atoms with E-state index in [4.69, 9.17) is 25.8 Å². The van der Waals surface area contributed by atoms with Gasteiger partial charge in [0, 0.05) is 65.2 Å². The summed E-state index contributed by atoms with van der Waals surface area (Å²) < 4.78 is 16.9. The Hall–Kier alpha value is -2.36. The highest BCUT2D eigenvalue weighted by Gasteiger charge is 2.52. The molecule has 1 atom stereocenters. The zero-order valence-corrected chi connectivity index (χ0v) is 26.7. The second-order valence-corrected chi connectivity index (χ2v) is 12.8. The number of hydrogen-bond acceptors (Lipinski definition) is 6. The van der Waals surface area contributed by atoms with E-state index in [-0.39, 0.29) is 23.0 Å². The number of hydrogen-bond donors (Lipinski definition) is 0. The maximum Gasteiger partial charge on any atom is 0.280 e. The molecule has 3 amide bonds. The molecule has 1 unspecified atom stereocenters. The number of carbonyl (C=O) groups excluding carboxylic acids is 3. The van der Waals surface area contributed by atoms with Gasteiger partial charge in [-0.1, -0.05) is 30.9 Å². The van der Waals surface area contributed by atoms with Crippen LogP contribution in [0.1, 0.15) is 88.9 Å². The van der Waals surface area contributed by atoms with Gasteiger partial charge in [0.15, 0.2) is 0 Å². The Morgan fingerprint density at radius 2 is 1.81 bits per heavy atom. The van der Waals surface area contributed by atoms with Crippen molar-refractivity contribution in [3.05, 3.63) is 22.7 Å². The molecular formula is C32H48ClN3O6. The van der Waals surface area contributed by atoms with Crippen molar-refractivity contribution in [2.24, 2.45) is 5.92 Å². The molecule has 1 aliphatic carbocycles. The number of unbranched alkanes of at least 4 members (excludes halogenated alkanes) is 1. The van der Waals surface area contributed by atoms with Crippen LogP contribution in [0.2, 0.25) is 5.02 Å². The summed E-state index contributed by atoms with van der Waals surface area (Å²) in [6.45, 7) is 8.40. The molecule has 2 heterocycles. The third-order valence-corrected chi connectivity index (χ3v) is 9.22. The van der Waals surface area contributed by atoms with E-state index in [0.29, 0.717) is 62.2 Å². The molecule has 2 aliphatic heterocycles. The molecule has 10 heteroatoms. The van der Waals surface area contributed by atoms with Crippen LogP contribution in [0.3, 0.4) is 0 Å². The Labute approximate surface area is 255 Å². The monoisotopic (exact) mass is 605 g/mol. The van der Waals surface area contributed by atoms with E-state index in [9.17, 15) is 14.4 Å². The van der Waals surface area contributed by atoms with Crippen molar-refractivity contribution in [2.45, 2.75) is 96.2 Å². The maximum atomic E-state index is 14.1. The second kappa shape index (κ2) is 14.4. The van der Waals surface area contributed by atoms with Gasteiger partial charge in [-0.15, -0.1) is 0 Å². The average Bonchev–Trinajstić information content (AvgIpc) is 2.97. The van der Waals surface area contributed by atoms with E-state index in [0.717, 1.165) is 44.9 Å². The van der Waals surface area contributed by atoms with Crippen molar-refractivity contribution in [3.63, 3.8) is 0 Å². The quantitative estimate of drug-likeness (QED) is 0.251. The Kier molecular flexibility index (Phi) is 11.2. The Morgan fingerprint density at radius 3 is 2.45 bits per heavy atom. The van der Waals surface area contributed by atoms with Gasteiger partial charge >= 0.3 is 0 Å². The first-order valence-electron chi connectivity index (χ1n) is 15.6. The zero-order chi connectivity index (χ0) is 30.4. The summed E-state index contributed by atoms with van der Waals surface area (Å²) >= 11 is 6.78. The van der Waals surface area contributed by atoms with E-state index in [1.54, 1.807) is 43.0 Å². The van der Waals surface area contributed by atoms with Crippen LogP contribution in [-0.4, -0.2) is 92.3 Å². The minimum Gasteiger partial charge on any atom is -0.465 e. The molecule has 1 saturated heterocycles. The van der Waals surface area contributed by atoms with E-state index in [1.807, 2.05) is 18.7 Å². The highest BCUT2D eigenvalue weighted by atomic mass is 35.5. The molecule has 2 fully saturated rings. The van der Waals surface area contributed by atoms with Crippen LogP contribution in [0, 0.1) is 5.92 Å². The summed E-state index contributed by atoms with van der Waals surface area (Å²) in [6, 6.07) is 3.45. The highest BCUT2D eigenvalue weighted by molar-refractivity contribution is 6.34. The van der Waals surface area contributed by atoms with Crippen LogP contribution >= 0.6 is 11.6 Å². The lowest BCUT2D eigenvalue weighted by molar-refractivity contribution is -0.155. The Balaban J connectivity index is 1.66. The molecule has 1 aromatic rings. The molecule has 0 bridgehead atoms. The fourth-order valence-electron chi connectivity index (χ4n) is 6.59. The van der Waals surface area contributed by atoms with Gasteiger partial charge in [-0.05, 0) is 71.3 Å². The van der Waals surface area contributed by atoms with Crippen LogP contribution < -0.4 is 9.64 Å². The first-order valence-corrected chi connectivity index (χ1v) is 16.0. The van der Waals surface area contributed by atoms with E-state index < -0.39 is 17.4 Å². The van der Waals surface area contributed by atoms with Crippen LogP contribution in [-0.2, 0) is 19.1 Å². The molecule has 0 radical (unpaired) electrons. The lowest BCUT2D eigenvalue weighted by Gasteiger charge is -2.42. The number of anilines is 1. The number of likely N-dealkylation sites (N-methyl/N-ethyl adjacent to an activating group) is 1. The highest BCUT2D eigenvalue weighted by Crippen LogP contribution is 2.43. The lowest BCUT2D eigenvalue weighted by Crippen LogP contribution is -2.63. The minimum absolute atomic E-state index is 0.00269. The van der Waals surface area contributed by atoms with E-state index in [1.165, 1.54) is 6.42 Å². The number of nitrogens with zero attached hydrogens (tertiary/aromatic N) is 3. The van der Waals surface area contributed by atoms with Gasteiger partial charge in [-0.25, -0.2) is 0 Å². The topological polar surface area (TPSA) is 88.6 Å². The van der Waals surface area contributed by atoms with Gasteiger partial charge in [0.05, 0.1) is 16.3 Å². The van der Waals surface area contributed by atoms with Crippen LogP contribution in [0.4, 0.5) is 5.69 Å². The summed E-state index contributed by atoms with van der Waals surface area (Å²) in [7, 11) is 3.37. The van der Waals surface area contributed by atoms with Gasteiger partial charge in [0.25, 0.3) is 23.3 Å². The number of methoxy groups -OCH3 is 1. The van der Waals surface area contributed by atoms with Gasteiger partial charge in [-0.2, -0.15) is 0 Å². The number of halogens is 1. The summed E-state index contributed by atoms with van der Waals surface area (Å²) in [5, 5.41) is 0.249. The molecule has 234 valence electrons. The molecule has 9 nitrogen and oxygen atoms in total. The number of carbonyl (C=O) groups is 3. The molecule has 0 spiro atoms. The summed E-state index contributed by atoms with van der Waals surface area (Å²) in [5.74, 6) is -0.344. The SMILES string of the molecule is COCCCCN1C(=O)C(C)(C(=O)N(C)CC2CCOCC2)Oc2cc(Cl)c(C(=O)N(C(C)C)C3CCCCC3)cc21. The Morgan fingerprint density at radius 1 is 1.12 bits per heavy atom. The largest absolute Gasteiger partial charge is 0.465 e. The molecule has 1 saturated carbocycles. The van der Waals surface area contributed by atoms with Crippen molar-refractivity contribution < 1.29 is 28.6 Å². The van der Waals surface area contributed by atoms with Crippen LogP contribution in [0.25, 0.3) is 0 Å². The predicted octanol–water partition coefficient (Wildman–Crippen LogP) is 5.32. The van der Waals surface area contributed by atoms with Gasteiger partial charge in [0.1, 0.15) is 5.75 Å². The predicted molar refractivity (Wildman–Crippen MR) is 163 cm³/mol. The molecule has 0 aromatic heterocycles. The van der Waals surface area contributed by atoms with Gasteiger partial charge < -0.3 is 28.9 Å². The molecule has 4 rings (SSSR count). The second-order valence-electron chi connectivity index (χ2n) is 12.4. The summed E-state index contributed by atoms with van der Waals surface area (Å²) in [6.07, 6.45) is 8.49. The van der Waals surface area contributed by atoms with Crippen molar-refractivity contribution in [1.29, 1.82) is 0 Å². The lowest BCUT2D eigenvalue weighted by atomic mass is 9.92. The van der Waals surface area contributed by atoms with Crippen molar-refractivity contribution in [2.75, 3.05) is 52.0 Å². The number of benzene rings is 1. The van der Waals surface area contributed by atoms with Crippen LogP contribution in [0.15, 0.2) is 12.1 Å². The van der Waals surface area contributed by atoms with Gasteiger partial charge in [-0.3, -0.25) is 14.4 Å². The summed E-state index contributed by atoms with van der Waals surface area (Å²) in [4.78, 5) is 47.1. The third-order valence-electron chi connectivity index (χ3n) is 8.90. The standard InChI is InChI=1S/C32H48ClN3O6/c1-22(2)36(24-11-7-6-8-12-24)29(37)25-19-27-28(20-26(25)33)42-32(3,31(39)35(27)15-9-10-16-40-5)30(38)34(4)21-23-13-17-41-18-14-23/h19-20,22-24H,6-18,21H2,1-5H3. The van der Waals surface area contributed by atoms with Gasteiger partial charge in [0.2, 0.25) is 0 Å². The number of rotatable bonds is 11. The van der Waals surface area contributed by atoms with E-state index in [2.05, 4.69) is 0 Å². The molecule has 1 aromatic carbocycles. The molecule has 42 heavy (non-hydrogen) atoms. The smallest absolute Gasteiger partial charge is 0.280 e. The third kappa shape index (κ3) is 7.05. The number of ether oxygens (including phenoxy) is 3. The Bertz CT molecular complexity index is 1120. The minimum atomic E-state index is -1.75. The maximum absolute atomic E-state index is 14.1. The van der Waals surface area contributed by atoms with Crippen molar-refractivity contribution >= 4 is 35.0 Å². The fraction of sp³-hybridized carbons (Fsp3) is 0.719. The normalized spacial score (nSPS) is 21.7. The number of fused-ring (bicyclic) bond motifs is 1. The molecular weight excluding hydrogens is 558 g/mol. The molecule has 0 N–H and O–H groups in total. The van der Waals surface area contributed by atoms with Crippen molar-refractivity contribution in [1.82, 2.24) is 9.80 Å². The number of amides is 3.